The van der Waals surface area contributed by atoms with Crippen LogP contribution in [-0.2, 0) is 12.7 Å². The van der Waals surface area contributed by atoms with E-state index >= 15 is 0 Å². The highest BCUT2D eigenvalue weighted by Crippen LogP contribution is 2.38. The van der Waals surface area contributed by atoms with E-state index in [1.54, 1.807) is 0 Å². The minimum Gasteiger partial charge on any atom is -0.483 e. The van der Waals surface area contributed by atoms with Gasteiger partial charge in [0, 0.05) is 23.8 Å². The topological polar surface area (TPSA) is 97.4 Å². The van der Waals surface area contributed by atoms with Gasteiger partial charge in [-0.05, 0) is 42.0 Å². The third-order valence-electron chi connectivity index (χ3n) is 5.10. The Morgan fingerprint density at radius 3 is 2.78 bits per heavy atom. The number of nitrogens with zero attached hydrogens (tertiary/aromatic N) is 2. The van der Waals surface area contributed by atoms with Crippen LogP contribution in [0.1, 0.15) is 35.3 Å². The molecule has 36 heavy (non-hydrogen) atoms. The summed E-state index contributed by atoms with van der Waals surface area (Å²) in [5.74, 6) is 0.350. The molecule has 0 fully saturated rings. The lowest BCUT2D eigenvalue weighted by Crippen LogP contribution is -2.22. The maximum Gasteiger partial charge on any atom is 0.416 e. The fourth-order valence-electron chi connectivity index (χ4n) is 3.39. The summed E-state index contributed by atoms with van der Waals surface area (Å²) >= 11 is 6.26. The Kier molecular flexibility index (Phi) is 7.51. The summed E-state index contributed by atoms with van der Waals surface area (Å²) in [6.07, 6.45) is -3.28. The molecule has 1 aliphatic heterocycles. The molecule has 1 aromatic heterocycles. The highest BCUT2D eigenvalue weighted by molar-refractivity contribution is 6.32. The number of carbonyl (C=O) groups excluding carboxylic acids is 1. The van der Waals surface area contributed by atoms with Crippen LogP contribution in [0.5, 0.6) is 17.4 Å². The van der Waals surface area contributed by atoms with Crippen LogP contribution in [0, 0.1) is 0 Å². The Bertz CT molecular complexity index is 1270. The molecule has 0 atom stereocenters. The van der Waals surface area contributed by atoms with E-state index in [-0.39, 0.29) is 40.5 Å². The molecule has 1 aliphatic rings. The molecule has 8 nitrogen and oxygen atoms in total. The summed E-state index contributed by atoms with van der Waals surface area (Å²) in [6, 6.07) is 7.77. The highest BCUT2D eigenvalue weighted by atomic mass is 35.5. The van der Waals surface area contributed by atoms with Crippen molar-refractivity contribution in [2.24, 2.45) is 0 Å². The van der Waals surface area contributed by atoms with Crippen molar-refractivity contribution in [3.05, 3.63) is 64.4 Å². The van der Waals surface area contributed by atoms with Crippen LogP contribution in [0.15, 0.2) is 42.7 Å². The molecule has 4 rings (SSSR count). The van der Waals surface area contributed by atoms with Crippen molar-refractivity contribution in [2.45, 2.75) is 32.6 Å². The number of anilines is 2. The van der Waals surface area contributed by atoms with Gasteiger partial charge in [-0.25, -0.2) is 4.98 Å². The Morgan fingerprint density at radius 1 is 1.22 bits per heavy atom. The summed E-state index contributed by atoms with van der Waals surface area (Å²) in [4.78, 5) is 21.1. The molecule has 190 valence electrons. The lowest BCUT2D eigenvalue weighted by molar-refractivity contribution is -0.137. The average molecular weight is 522 g/mol. The Hall–Kier alpha value is -3.57. The molecule has 0 saturated heterocycles. The number of ether oxygens (including phenoxy) is 2. The smallest absolute Gasteiger partial charge is 0.416 e. The van der Waals surface area contributed by atoms with E-state index in [0.717, 1.165) is 12.1 Å². The first-order chi connectivity index (χ1) is 17.1. The number of rotatable bonds is 7. The number of carbonyl (C=O) groups is 1. The Morgan fingerprint density at radius 2 is 2.03 bits per heavy atom. The van der Waals surface area contributed by atoms with Gasteiger partial charge in [-0.1, -0.05) is 25.4 Å². The molecular weight excluding hydrogens is 499 g/mol. The van der Waals surface area contributed by atoms with E-state index in [1.807, 2.05) is 13.8 Å². The van der Waals surface area contributed by atoms with Gasteiger partial charge in [-0.2, -0.15) is 18.2 Å². The number of nitrogens with one attached hydrogen (secondary N) is 3. The maximum absolute atomic E-state index is 13.4. The number of alkyl halides is 3. The SMILES string of the molecule is CC(C)NCc1cc(NC(=O)c2ccc(Cl)c(Oc3ncnc4c3OCCN4)c2)cc(C(F)(F)F)c1. The molecule has 3 N–H and O–H groups in total. The third kappa shape index (κ3) is 6.16. The zero-order valence-corrected chi connectivity index (χ0v) is 20.1. The van der Waals surface area contributed by atoms with Gasteiger partial charge >= 0.3 is 6.18 Å². The number of amides is 1. The van der Waals surface area contributed by atoms with Gasteiger partial charge in [0.1, 0.15) is 18.7 Å². The molecule has 2 heterocycles. The number of hydrogen-bond acceptors (Lipinski definition) is 7. The van der Waals surface area contributed by atoms with Crippen LogP contribution in [0.4, 0.5) is 24.7 Å². The Labute approximate surface area is 210 Å². The molecule has 0 unspecified atom stereocenters. The van der Waals surface area contributed by atoms with E-state index in [9.17, 15) is 18.0 Å². The van der Waals surface area contributed by atoms with E-state index in [0.29, 0.717) is 30.3 Å². The molecule has 0 bridgehead atoms. The summed E-state index contributed by atoms with van der Waals surface area (Å²) in [5.41, 5.74) is -0.341. The first kappa shape index (κ1) is 25.5. The Balaban J connectivity index is 1.58. The largest absolute Gasteiger partial charge is 0.483 e. The van der Waals surface area contributed by atoms with Crippen molar-refractivity contribution < 1.29 is 27.4 Å². The molecular formula is C24H23ClF3N5O3. The van der Waals surface area contributed by atoms with E-state index in [2.05, 4.69) is 25.9 Å². The predicted octanol–water partition coefficient (Wildman–Crippen LogP) is 5.50. The first-order valence-corrected chi connectivity index (χ1v) is 11.4. The normalized spacial score (nSPS) is 13.0. The predicted molar refractivity (Wildman–Crippen MR) is 129 cm³/mol. The number of hydrogen-bond donors (Lipinski definition) is 3. The van der Waals surface area contributed by atoms with Crippen LogP contribution < -0.4 is 25.4 Å². The van der Waals surface area contributed by atoms with Gasteiger partial charge < -0.3 is 25.4 Å². The second kappa shape index (κ2) is 10.6. The van der Waals surface area contributed by atoms with Gasteiger partial charge in [0.25, 0.3) is 11.8 Å². The third-order valence-corrected chi connectivity index (χ3v) is 5.42. The first-order valence-electron chi connectivity index (χ1n) is 11.0. The average Bonchev–Trinajstić information content (AvgIpc) is 2.83. The van der Waals surface area contributed by atoms with Gasteiger partial charge in [-0.3, -0.25) is 4.79 Å². The lowest BCUT2D eigenvalue weighted by Gasteiger charge is -2.19. The summed E-state index contributed by atoms with van der Waals surface area (Å²) < 4.78 is 51.7. The van der Waals surface area contributed by atoms with Crippen LogP contribution in [0.2, 0.25) is 5.02 Å². The summed E-state index contributed by atoms with van der Waals surface area (Å²) in [5, 5.41) is 8.86. The highest BCUT2D eigenvalue weighted by Gasteiger charge is 2.31. The fourth-order valence-corrected chi connectivity index (χ4v) is 3.55. The van der Waals surface area contributed by atoms with E-state index in [4.69, 9.17) is 21.1 Å². The molecule has 0 aliphatic carbocycles. The number of fused-ring (bicyclic) bond motifs is 1. The van der Waals surface area contributed by atoms with Crippen molar-refractivity contribution >= 4 is 29.0 Å². The summed E-state index contributed by atoms with van der Waals surface area (Å²) in [6.45, 7) is 4.94. The van der Waals surface area contributed by atoms with E-state index < -0.39 is 17.6 Å². The maximum atomic E-state index is 13.4. The van der Waals surface area contributed by atoms with Crippen LogP contribution in [0.25, 0.3) is 0 Å². The van der Waals surface area contributed by atoms with Crippen molar-refractivity contribution in [1.29, 1.82) is 0 Å². The molecule has 2 aromatic carbocycles. The zero-order valence-electron chi connectivity index (χ0n) is 19.4. The minimum absolute atomic E-state index is 0.0112. The molecule has 0 radical (unpaired) electrons. The van der Waals surface area contributed by atoms with Gasteiger partial charge in [0.05, 0.1) is 17.1 Å². The van der Waals surface area contributed by atoms with Crippen LogP contribution >= 0.6 is 11.6 Å². The standard InChI is InChI=1S/C24H23ClF3N5O3/c1-13(2)30-11-14-7-16(24(26,27)28)10-17(8-14)33-22(34)15-3-4-18(25)19(9-15)36-23-20-21(31-12-32-23)29-5-6-35-20/h3-4,7-10,12-13,30H,5-6,11H2,1-2H3,(H,33,34)(H,29,31,32). The molecule has 0 saturated carbocycles. The van der Waals surface area contributed by atoms with Gasteiger partial charge in [-0.15, -0.1) is 0 Å². The van der Waals surface area contributed by atoms with E-state index in [1.165, 1.54) is 30.6 Å². The number of aromatic nitrogens is 2. The van der Waals surface area contributed by atoms with Crippen molar-refractivity contribution in [1.82, 2.24) is 15.3 Å². The zero-order chi connectivity index (χ0) is 25.9. The van der Waals surface area contributed by atoms with Crippen LogP contribution in [-0.4, -0.2) is 35.1 Å². The molecule has 0 spiro atoms. The second-order valence-electron chi connectivity index (χ2n) is 8.29. The molecule has 12 heteroatoms. The fraction of sp³-hybridized carbons (Fsp3) is 0.292. The lowest BCUT2D eigenvalue weighted by atomic mass is 10.1. The quantitative estimate of drug-likeness (QED) is 0.378. The number of halogens is 4. The molecule has 3 aromatic rings. The van der Waals surface area contributed by atoms with Crippen molar-refractivity contribution in [3.8, 4) is 17.4 Å². The summed E-state index contributed by atoms with van der Waals surface area (Å²) in [7, 11) is 0. The van der Waals surface area contributed by atoms with Crippen molar-refractivity contribution in [3.63, 3.8) is 0 Å². The molecule has 1 amide bonds. The van der Waals surface area contributed by atoms with Crippen molar-refractivity contribution in [2.75, 3.05) is 23.8 Å². The number of benzene rings is 2. The van der Waals surface area contributed by atoms with Crippen LogP contribution in [0.3, 0.4) is 0 Å². The monoisotopic (exact) mass is 521 g/mol. The van der Waals surface area contributed by atoms with Gasteiger partial charge in [0.15, 0.2) is 5.82 Å². The second-order valence-corrected chi connectivity index (χ2v) is 8.69. The van der Waals surface area contributed by atoms with Gasteiger partial charge in [0.2, 0.25) is 5.75 Å². The minimum atomic E-state index is -4.57.